The number of pyridine rings is 1. The summed E-state index contributed by atoms with van der Waals surface area (Å²) in [6.45, 7) is 2.72. The lowest BCUT2D eigenvalue weighted by Crippen LogP contribution is -2.39. The highest BCUT2D eigenvalue weighted by Gasteiger charge is 2.34. The molecule has 2 heterocycles. The van der Waals surface area contributed by atoms with Gasteiger partial charge in [-0.05, 0) is 34.5 Å². The number of aromatic nitrogens is 1. The molecule has 88 valence electrons. The Morgan fingerprint density at radius 3 is 2.56 bits per heavy atom. The summed E-state index contributed by atoms with van der Waals surface area (Å²) in [4.78, 5) is 6.16. The van der Waals surface area contributed by atoms with Crippen LogP contribution in [0.5, 0.6) is 0 Å². The van der Waals surface area contributed by atoms with E-state index in [0.29, 0.717) is 13.1 Å². The van der Waals surface area contributed by atoms with E-state index in [1.54, 1.807) is 6.20 Å². The van der Waals surface area contributed by atoms with Crippen molar-refractivity contribution in [1.29, 1.82) is 0 Å². The van der Waals surface area contributed by atoms with Crippen LogP contribution in [-0.4, -0.2) is 24.0 Å². The van der Waals surface area contributed by atoms with Crippen LogP contribution in [0.15, 0.2) is 16.7 Å². The summed E-state index contributed by atoms with van der Waals surface area (Å²) in [6.07, 6.45) is 1.56. The normalized spacial score (nSPS) is 19.9. The summed E-state index contributed by atoms with van der Waals surface area (Å²) in [6, 6.07) is 1.92. The van der Waals surface area contributed by atoms with Gasteiger partial charge in [0.05, 0.1) is 0 Å². The standard InChI is InChI=1S/C11H13BrF2N2/c1-8-6-10(15-7-9(8)12)16-4-2-11(13,14)3-5-16/h6-7H,2-5H2,1H3. The van der Waals surface area contributed by atoms with Gasteiger partial charge in [0.15, 0.2) is 0 Å². The molecule has 0 radical (unpaired) electrons. The maximum Gasteiger partial charge on any atom is 0.251 e. The molecule has 0 aromatic carbocycles. The van der Waals surface area contributed by atoms with E-state index in [0.717, 1.165) is 15.9 Å². The van der Waals surface area contributed by atoms with Gasteiger partial charge in [0.2, 0.25) is 0 Å². The van der Waals surface area contributed by atoms with Crippen molar-refractivity contribution in [3.63, 3.8) is 0 Å². The Hall–Kier alpha value is -0.710. The number of nitrogens with zero attached hydrogens (tertiary/aromatic N) is 2. The van der Waals surface area contributed by atoms with E-state index in [9.17, 15) is 8.78 Å². The molecular formula is C11H13BrF2N2. The predicted octanol–water partition coefficient (Wildman–Crippen LogP) is 3.39. The van der Waals surface area contributed by atoms with E-state index in [1.165, 1.54) is 0 Å². The molecule has 1 aromatic rings. The number of anilines is 1. The summed E-state index contributed by atoms with van der Waals surface area (Å²) in [5.41, 5.74) is 1.07. The quantitative estimate of drug-likeness (QED) is 0.788. The first-order valence-electron chi connectivity index (χ1n) is 5.23. The predicted molar refractivity (Wildman–Crippen MR) is 63.1 cm³/mol. The maximum atomic E-state index is 13.0. The lowest BCUT2D eigenvalue weighted by molar-refractivity contribution is -0.0221. The number of halogens is 3. The molecule has 0 saturated carbocycles. The van der Waals surface area contributed by atoms with Crippen LogP contribution >= 0.6 is 15.9 Å². The van der Waals surface area contributed by atoms with Crippen molar-refractivity contribution < 1.29 is 8.78 Å². The molecule has 0 amide bonds. The van der Waals surface area contributed by atoms with Gasteiger partial charge in [0, 0.05) is 36.6 Å². The highest BCUT2D eigenvalue weighted by molar-refractivity contribution is 9.10. The van der Waals surface area contributed by atoms with Gasteiger partial charge in [-0.1, -0.05) is 0 Å². The molecule has 0 spiro atoms. The van der Waals surface area contributed by atoms with Gasteiger partial charge in [-0.2, -0.15) is 0 Å². The fraction of sp³-hybridized carbons (Fsp3) is 0.545. The summed E-state index contributed by atoms with van der Waals surface area (Å²) >= 11 is 3.37. The van der Waals surface area contributed by atoms with Gasteiger partial charge in [-0.3, -0.25) is 0 Å². The molecule has 0 aliphatic carbocycles. The Kier molecular flexibility index (Phi) is 3.15. The van der Waals surface area contributed by atoms with Crippen molar-refractivity contribution in [3.8, 4) is 0 Å². The van der Waals surface area contributed by atoms with Gasteiger partial charge < -0.3 is 4.90 Å². The van der Waals surface area contributed by atoms with Gasteiger partial charge in [0.25, 0.3) is 5.92 Å². The van der Waals surface area contributed by atoms with Crippen molar-refractivity contribution in [2.45, 2.75) is 25.7 Å². The smallest absolute Gasteiger partial charge is 0.251 e. The minimum atomic E-state index is -2.50. The van der Waals surface area contributed by atoms with Crippen LogP contribution in [-0.2, 0) is 0 Å². The van der Waals surface area contributed by atoms with E-state index >= 15 is 0 Å². The molecule has 2 nitrogen and oxygen atoms in total. The van der Waals surface area contributed by atoms with Crippen molar-refractivity contribution in [1.82, 2.24) is 4.98 Å². The summed E-state index contributed by atoms with van der Waals surface area (Å²) in [5, 5.41) is 0. The zero-order chi connectivity index (χ0) is 11.8. The maximum absolute atomic E-state index is 13.0. The first-order chi connectivity index (χ1) is 7.48. The van der Waals surface area contributed by atoms with Crippen LogP contribution in [0, 0.1) is 6.92 Å². The fourth-order valence-electron chi connectivity index (χ4n) is 1.76. The molecule has 1 saturated heterocycles. The van der Waals surface area contributed by atoms with Crippen LogP contribution in [0.1, 0.15) is 18.4 Å². The average molecular weight is 291 g/mol. The second-order valence-corrected chi connectivity index (χ2v) is 4.99. The lowest BCUT2D eigenvalue weighted by Gasteiger charge is -2.32. The molecule has 2 rings (SSSR count). The molecule has 0 N–H and O–H groups in total. The summed E-state index contributed by atoms with van der Waals surface area (Å²) < 4.78 is 26.9. The molecule has 0 bridgehead atoms. The molecule has 1 aliphatic rings. The third kappa shape index (κ3) is 2.51. The SMILES string of the molecule is Cc1cc(N2CCC(F)(F)CC2)ncc1Br. The molecule has 0 atom stereocenters. The molecule has 1 aliphatic heterocycles. The van der Waals surface area contributed by atoms with E-state index in [4.69, 9.17) is 0 Å². The molecule has 1 aromatic heterocycles. The van der Waals surface area contributed by atoms with Crippen molar-refractivity contribution in [3.05, 3.63) is 22.3 Å². The van der Waals surface area contributed by atoms with Gasteiger partial charge in [-0.25, -0.2) is 13.8 Å². The van der Waals surface area contributed by atoms with Crippen LogP contribution in [0.2, 0.25) is 0 Å². The summed E-state index contributed by atoms with van der Waals surface area (Å²) in [7, 11) is 0. The third-order valence-electron chi connectivity index (χ3n) is 2.85. The second-order valence-electron chi connectivity index (χ2n) is 4.13. The Morgan fingerprint density at radius 1 is 1.38 bits per heavy atom. The molecular weight excluding hydrogens is 278 g/mol. The minimum Gasteiger partial charge on any atom is -0.356 e. The zero-order valence-corrected chi connectivity index (χ0v) is 10.6. The van der Waals surface area contributed by atoms with Crippen LogP contribution in [0.25, 0.3) is 0 Å². The Balaban J connectivity index is 2.11. The van der Waals surface area contributed by atoms with Gasteiger partial charge in [0.1, 0.15) is 5.82 Å². The van der Waals surface area contributed by atoms with Crippen LogP contribution in [0.4, 0.5) is 14.6 Å². The minimum absolute atomic E-state index is 0.0796. The topological polar surface area (TPSA) is 16.1 Å². The Labute approximate surface area is 102 Å². The number of aryl methyl sites for hydroxylation is 1. The highest BCUT2D eigenvalue weighted by atomic mass is 79.9. The molecule has 0 unspecified atom stereocenters. The lowest BCUT2D eigenvalue weighted by atomic mass is 10.1. The third-order valence-corrected chi connectivity index (χ3v) is 3.68. The molecule has 1 fully saturated rings. The van der Waals surface area contributed by atoms with Crippen molar-refractivity contribution in [2.24, 2.45) is 0 Å². The van der Waals surface area contributed by atoms with Crippen LogP contribution in [0.3, 0.4) is 0 Å². The average Bonchev–Trinajstić information content (AvgIpc) is 2.22. The van der Waals surface area contributed by atoms with Crippen molar-refractivity contribution in [2.75, 3.05) is 18.0 Å². The first-order valence-corrected chi connectivity index (χ1v) is 6.02. The first kappa shape index (κ1) is 11.8. The number of alkyl halides is 2. The summed E-state index contributed by atoms with van der Waals surface area (Å²) in [5.74, 6) is -1.71. The molecule has 5 heteroatoms. The Morgan fingerprint density at radius 2 is 2.00 bits per heavy atom. The fourth-order valence-corrected chi connectivity index (χ4v) is 1.98. The largest absolute Gasteiger partial charge is 0.356 e. The number of piperidine rings is 1. The van der Waals surface area contributed by atoms with Crippen molar-refractivity contribution >= 4 is 21.7 Å². The van der Waals surface area contributed by atoms with E-state index < -0.39 is 5.92 Å². The van der Waals surface area contributed by atoms with E-state index in [1.807, 2.05) is 17.9 Å². The van der Waals surface area contributed by atoms with Gasteiger partial charge >= 0.3 is 0 Å². The zero-order valence-electron chi connectivity index (χ0n) is 9.01. The number of hydrogen-bond donors (Lipinski definition) is 0. The van der Waals surface area contributed by atoms with E-state index in [-0.39, 0.29) is 12.8 Å². The number of rotatable bonds is 1. The second kappa shape index (κ2) is 4.28. The Bertz CT molecular complexity index is 386. The highest BCUT2D eigenvalue weighted by Crippen LogP contribution is 2.30. The monoisotopic (exact) mass is 290 g/mol. The van der Waals surface area contributed by atoms with Crippen LogP contribution < -0.4 is 4.90 Å². The van der Waals surface area contributed by atoms with Gasteiger partial charge in [-0.15, -0.1) is 0 Å². The van der Waals surface area contributed by atoms with E-state index in [2.05, 4.69) is 20.9 Å². The molecule has 16 heavy (non-hydrogen) atoms. The number of hydrogen-bond acceptors (Lipinski definition) is 2.